The summed E-state index contributed by atoms with van der Waals surface area (Å²) in [5, 5.41) is 2.64. The van der Waals surface area contributed by atoms with Crippen molar-refractivity contribution in [1.82, 2.24) is 0 Å². The molecular formula is C59H42N2S. The van der Waals surface area contributed by atoms with E-state index in [1.807, 2.05) is 11.3 Å². The third-order valence-electron chi connectivity index (χ3n) is 14.1. The van der Waals surface area contributed by atoms with Gasteiger partial charge in [-0.25, -0.2) is 9.98 Å². The lowest BCUT2D eigenvalue weighted by Gasteiger charge is -2.30. The topological polar surface area (TPSA) is 24.7 Å². The standard InChI is InChI=1S/C59H42N2S/c1-2-16-38(17-3-1)58-60-52(39-31-34-45-44-21-9-15-29-54(44)62-55(45)36-39)27-13-14-28-53(61-58)43-33-30-37-32-35-51-57(56(37)46-22-5-4-18-40(43)46)47-23-8-12-26-50(47)59(51)48-24-10-6-19-41(48)42-20-7-11-25-49(42)59/h1-12,15-26,28-29,31-32,34-36,43H,13-14,27,30,33H2/b53-28-,60-52+,61-58-. The molecule has 0 fully saturated rings. The Labute approximate surface area is 366 Å². The van der Waals surface area contributed by atoms with Gasteiger partial charge in [0.2, 0.25) is 0 Å². The number of hydrogen-bond acceptors (Lipinski definition) is 3. The Morgan fingerprint density at radius 1 is 0.484 bits per heavy atom. The summed E-state index contributed by atoms with van der Waals surface area (Å²) in [6.45, 7) is 0. The quantitative estimate of drug-likeness (QED) is 0.170. The fraction of sp³-hybridized carbons (Fsp3) is 0.119. The third-order valence-corrected chi connectivity index (χ3v) is 15.2. The van der Waals surface area contributed by atoms with Gasteiger partial charge in [0.1, 0.15) is 0 Å². The summed E-state index contributed by atoms with van der Waals surface area (Å²) < 4.78 is 2.63. The van der Waals surface area contributed by atoms with Gasteiger partial charge in [-0.3, -0.25) is 0 Å². The lowest BCUT2D eigenvalue weighted by atomic mass is 9.70. The van der Waals surface area contributed by atoms with Crippen molar-refractivity contribution in [1.29, 1.82) is 0 Å². The predicted octanol–water partition coefficient (Wildman–Crippen LogP) is 15.1. The zero-order valence-electron chi connectivity index (χ0n) is 34.3. The van der Waals surface area contributed by atoms with Crippen LogP contribution in [0.4, 0.5) is 0 Å². The molecule has 1 unspecified atom stereocenters. The van der Waals surface area contributed by atoms with Gasteiger partial charge in [-0.15, -0.1) is 11.3 Å². The second-order valence-corrected chi connectivity index (χ2v) is 18.4. The van der Waals surface area contributed by atoms with E-state index in [0.29, 0.717) is 0 Å². The number of allylic oxidation sites excluding steroid dienone is 2. The van der Waals surface area contributed by atoms with E-state index in [-0.39, 0.29) is 11.3 Å². The number of benzene rings is 8. The summed E-state index contributed by atoms with van der Waals surface area (Å²) >= 11 is 1.87. The van der Waals surface area contributed by atoms with E-state index < -0.39 is 0 Å². The molecule has 1 aromatic heterocycles. The molecule has 2 nitrogen and oxygen atoms in total. The van der Waals surface area contributed by atoms with E-state index in [1.165, 1.54) is 92.5 Å². The minimum atomic E-state index is -0.374. The second kappa shape index (κ2) is 14.1. The first-order valence-corrected chi connectivity index (χ1v) is 23.0. The molecule has 0 radical (unpaired) electrons. The van der Waals surface area contributed by atoms with Crippen LogP contribution in [0.25, 0.3) is 53.6 Å². The first kappa shape index (κ1) is 35.8. The predicted molar refractivity (Wildman–Crippen MR) is 260 cm³/mol. The molecule has 0 amide bonds. The Hall–Kier alpha value is -6.94. The van der Waals surface area contributed by atoms with Crippen LogP contribution < -0.4 is 0 Å². The average Bonchev–Trinajstić information content (AvgIpc) is 3.94. The van der Waals surface area contributed by atoms with Crippen molar-refractivity contribution in [3.63, 3.8) is 0 Å². The maximum Gasteiger partial charge on any atom is 0.159 e. The first-order valence-electron chi connectivity index (χ1n) is 22.1. The third kappa shape index (κ3) is 5.21. The van der Waals surface area contributed by atoms with Crippen LogP contribution in [0.15, 0.2) is 204 Å². The second-order valence-electron chi connectivity index (χ2n) is 17.3. The molecule has 3 aliphatic carbocycles. The normalized spacial score (nSPS) is 19.5. The monoisotopic (exact) mass is 810 g/mol. The Kier molecular flexibility index (Phi) is 8.11. The summed E-state index contributed by atoms with van der Waals surface area (Å²) in [7, 11) is 0. The molecule has 0 saturated heterocycles. The summed E-state index contributed by atoms with van der Waals surface area (Å²) in [5.74, 6) is 0.901. The first-order chi connectivity index (χ1) is 30.8. The smallest absolute Gasteiger partial charge is 0.159 e. The highest BCUT2D eigenvalue weighted by atomic mass is 32.1. The molecule has 4 aliphatic rings. The van der Waals surface area contributed by atoms with Gasteiger partial charge in [-0.05, 0) is 117 Å². The Morgan fingerprint density at radius 2 is 1.15 bits per heavy atom. The molecule has 8 aromatic carbocycles. The van der Waals surface area contributed by atoms with Crippen LogP contribution in [0.5, 0.6) is 0 Å². The Balaban J connectivity index is 0.976. The number of thiophene rings is 1. The summed E-state index contributed by atoms with van der Waals surface area (Å²) in [6.07, 6.45) is 7.21. The summed E-state index contributed by atoms with van der Waals surface area (Å²) in [6, 6.07) is 67.9. The van der Waals surface area contributed by atoms with Gasteiger partial charge in [0, 0.05) is 37.4 Å². The number of nitrogens with zero attached hydrogens (tertiary/aromatic N) is 2. The molecule has 1 atom stereocenters. The van der Waals surface area contributed by atoms with E-state index in [9.17, 15) is 0 Å². The van der Waals surface area contributed by atoms with Crippen LogP contribution in [-0.4, -0.2) is 11.5 Å². The SMILES string of the molecule is C1=C(C2CCc3ccc4c(c3-c3ccccc32)-c2ccccc2C42c3ccccc3-c3ccccc32)/N=C(c2ccccc2)\N=C(\c2ccc3c(c2)sc2ccccc23)CCC\1. The van der Waals surface area contributed by atoms with Crippen molar-refractivity contribution >= 4 is 43.1 Å². The van der Waals surface area contributed by atoms with Gasteiger partial charge in [0.05, 0.1) is 11.1 Å². The number of rotatable bonds is 3. The lowest BCUT2D eigenvalue weighted by Crippen LogP contribution is -2.25. The highest BCUT2D eigenvalue weighted by Gasteiger charge is 2.52. The number of amidine groups is 1. The highest BCUT2D eigenvalue weighted by molar-refractivity contribution is 7.25. The molecule has 9 aromatic rings. The lowest BCUT2D eigenvalue weighted by molar-refractivity contribution is 0.699. The molecule has 2 heterocycles. The minimum absolute atomic E-state index is 0.109. The van der Waals surface area contributed by atoms with Crippen LogP contribution in [0.1, 0.15) is 76.1 Å². The summed E-state index contributed by atoms with van der Waals surface area (Å²) in [4.78, 5) is 11.2. The van der Waals surface area contributed by atoms with E-state index in [1.54, 1.807) is 0 Å². The maximum absolute atomic E-state index is 5.67. The molecule has 13 rings (SSSR count). The van der Waals surface area contributed by atoms with Crippen molar-refractivity contribution in [3.05, 3.63) is 238 Å². The summed E-state index contributed by atoms with van der Waals surface area (Å²) in [5.41, 5.74) is 20.5. The Bertz CT molecular complexity index is 3350. The van der Waals surface area contributed by atoms with Crippen LogP contribution in [0.2, 0.25) is 0 Å². The molecule has 3 heteroatoms. The molecule has 294 valence electrons. The van der Waals surface area contributed by atoms with Gasteiger partial charge in [0.25, 0.3) is 0 Å². The average molecular weight is 811 g/mol. The van der Waals surface area contributed by atoms with Crippen molar-refractivity contribution < 1.29 is 0 Å². The number of hydrogen-bond donors (Lipinski definition) is 0. The van der Waals surface area contributed by atoms with E-state index in [4.69, 9.17) is 9.98 Å². The van der Waals surface area contributed by atoms with E-state index >= 15 is 0 Å². The molecule has 1 spiro atoms. The fourth-order valence-corrected chi connectivity index (χ4v) is 12.6. The zero-order valence-corrected chi connectivity index (χ0v) is 35.1. The van der Waals surface area contributed by atoms with Gasteiger partial charge < -0.3 is 0 Å². The van der Waals surface area contributed by atoms with Gasteiger partial charge >= 0.3 is 0 Å². The molecule has 0 N–H and O–H groups in total. The van der Waals surface area contributed by atoms with E-state index in [2.05, 4.69) is 188 Å². The van der Waals surface area contributed by atoms with Crippen molar-refractivity contribution in [3.8, 4) is 33.4 Å². The minimum Gasteiger partial charge on any atom is -0.233 e. The number of aryl methyl sites for hydroxylation is 1. The van der Waals surface area contributed by atoms with Crippen LogP contribution >= 0.6 is 11.3 Å². The molecular weight excluding hydrogens is 769 g/mol. The van der Waals surface area contributed by atoms with Crippen molar-refractivity contribution in [2.75, 3.05) is 0 Å². The number of aliphatic imine (C=N–C) groups is 2. The van der Waals surface area contributed by atoms with Crippen molar-refractivity contribution in [2.24, 2.45) is 9.98 Å². The van der Waals surface area contributed by atoms with Crippen LogP contribution in [0.3, 0.4) is 0 Å². The van der Waals surface area contributed by atoms with Gasteiger partial charge in [-0.2, -0.15) is 0 Å². The molecule has 1 aliphatic heterocycles. The number of fused-ring (bicyclic) bond motifs is 17. The van der Waals surface area contributed by atoms with Gasteiger partial charge in [0.15, 0.2) is 5.84 Å². The van der Waals surface area contributed by atoms with Crippen LogP contribution in [0, 0.1) is 0 Å². The molecule has 0 saturated carbocycles. The largest absolute Gasteiger partial charge is 0.233 e. The van der Waals surface area contributed by atoms with E-state index in [0.717, 1.165) is 54.9 Å². The highest BCUT2D eigenvalue weighted by Crippen LogP contribution is 2.65. The molecule has 62 heavy (non-hydrogen) atoms. The maximum atomic E-state index is 5.67. The Morgan fingerprint density at radius 3 is 1.95 bits per heavy atom. The zero-order chi connectivity index (χ0) is 40.8. The van der Waals surface area contributed by atoms with Crippen LogP contribution in [-0.2, 0) is 11.8 Å². The fourth-order valence-electron chi connectivity index (χ4n) is 11.5. The van der Waals surface area contributed by atoms with Crippen molar-refractivity contribution in [2.45, 2.75) is 43.4 Å². The van der Waals surface area contributed by atoms with Gasteiger partial charge in [-0.1, -0.05) is 176 Å². The molecule has 0 bridgehead atoms.